The molecule has 0 saturated heterocycles. The Labute approximate surface area is 161 Å². The lowest BCUT2D eigenvalue weighted by molar-refractivity contribution is 0.255. The van der Waals surface area contributed by atoms with Gasteiger partial charge in [0, 0.05) is 27.7 Å². The van der Waals surface area contributed by atoms with Crippen LogP contribution in [0.25, 0.3) is 6.08 Å². The van der Waals surface area contributed by atoms with Gasteiger partial charge in [-0.2, -0.15) is 0 Å². The summed E-state index contributed by atoms with van der Waals surface area (Å²) in [6, 6.07) is 25.0. The zero-order chi connectivity index (χ0) is 18.2. The van der Waals surface area contributed by atoms with Crippen molar-refractivity contribution in [2.75, 3.05) is 10.6 Å². The predicted molar refractivity (Wildman–Crippen MR) is 111 cm³/mol. The maximum absolute atomic E-state index is 11.9. The summed E-state index contributed by atoms with van der Waals surface area (Å²) >= 11 is 3.42. The Morgan fingerprint density at radius 1 is 0.808 bits per heavy atom. The lowest BCUT2D eigenvalue weighted by Gasteiger charge is -2.08. The Bertz CT molecular complexity index is 893. The number of hydrogen-bond donors (Lipinski definition) is 3. The number of hydrogen-bond acceptors (Lipinski definition) is 2. The molecule has 0 saturated carbocycles. The Morgan fingerprint density at radius 3 is 2.23 bits per heavy atom. The molecule has 0 unspecified atom stereocenters. The van der Waals surface area contributed by atoms with Crippen LogP contribution in [-0.2, 0) is 0 Å². The molecule has 5 heteroatoms. The lowest BCUT2D eigenvalue weighted by atomic mass is 10.2. The molecule has 0 aliphatic heterocycles. The number of benzene rings is 3. The van der Waals surface area contributed by atoms with E-state index in [4.69, 9.17) is 0 Å². The van der Waals surface area contributed by atoms with Gasteiger partial charge in [-0.15, -0.1) is 0 Å². The number of rotatable bonds is 5. The first-order chi connectivity index (χ1) is 12.7. The monoisotopic (exact) mass is 407 g/mol. The number of nitrogens with one attached hydrogen (secondary N) is 3. The Balaban J connectivity index is 1.51. The Morgan fingerprint density at radius 2 is 1.50 bits per heavy atom. The van der Waals surface area contributed by atoms with E-state index in [0.29, 0.717) is 0 Å². The molecule has 4 nitrogen and oxygen atoms in total. The first-order valence-corrected chi connectivity index (χ1v) is 8.90. The minimum atomic E-state index is -0.292. The second-order valence-corrected chi connectivity index (χ2v) is 6.47. The Kier molecular flexibility index (Phi) is 6.06. The van der Waals surface area contributed by atoms with Crippen LogP contribution in [-0.4, -0.2) is 6.03 Å². The highest BCUT2D eigenvalue weighted by Crippen LogP contribution is 2.18. The molecule has 130 valence electrons. The van der Waals surface area contributed by atoms with Crippen LogP contribution in [0.5, 0.6) is 0 Å². The summed E-state index contributed by atoms with van der Waals surface area (Å²) in [4.78, 5) is 11.9. The number of urea groups is 1. The van der Waals surface area contributed by atoms with Crippen molar-refractivity contribution < 1.29 is 4.79 Å². The third-order valence-corrected chi connectivity index (χ3v) is 4.04. The summed E-state index contributed by atoms with van der Waals surface area (Å²) in [5.41, 5.74) is 3.69. The first-order valence-electron chi connectivity index (χ1n) is 8.11. The van der Waals surface area contributed by atoms with Gasteiger partial charge in [-0.05, 0) is 60.2 Å². The molecule has 0 fully saturated rings. The third kappa shape index (κ3) is 5.50. The van der Waals surface area contributed by atoms with Crippen LogP contribution in [0.1, 0.15) is 5.56 Å². The van der Waals surface area contributed by atoms with Gasteiger partial charge in [0.05, 0.1) is 0 Å². The van der Waals surface area contributed by atoms with Gasteiger partial charge in [0.15, 0.2) is 0 Å². The van der Waals surface area contributed by atoms with E-state index in [2.05, 4.69) is 31.9 Å². The van der Waals surface area contributed by atoms with Crippen molar-refractivity contribution >= 4 is 45.1 Å². The van der Waals surface area contributed by atoms with E-state index in [1.54, 1.807) is 6.20 Å². The Hall–Kier alpha value is -3.05. The maximum atomic E-state index is 11.9. The summed E-state index contributed by atoms with van der Waals surface area (Å²) < 4.78 is 0.994. The molecule has 0 aliphatic rings. The minimum absolute atomic E-state index is 0.292. The number of halogens is 1. The molecule has 0 aliphatic carbocycles. The van der Waals surface area contributed by atoms with Crippen molar-refractivity contribution in [1.29, 1.82) is 0 Å². The van der Waals surface area contributed by atoms with E-state index in [-0.39, 0.29) is 6.03 Å². The fraction of sp³-hybridized carbons (Fsp3) is 0. The molecular weight excluding hydrogens is 390 g/mol. The van der Waals surface area contributed by atoms with Crippen LogP contribution >= 0.6 is 15.9 Å². The van der Waals surface area contributed by atoms with Gasteiger partial charge >= 0.3 is 6.03 Å². The summed E-state index contributed by atoms with van der Waals surface area (Å²) in [7, 11) is 0. The average Bonchev–Trinajstić information content (AvgIpc) is 2.64. The molecule has 0 atom stereocenters. The summed E-state index contributed by atoms with van der Waals surface area (Å²) in [6.45, 7) is 0. The SMILES string of the molecule is O=C(N/C=C/c1cccc(Br)c1)Nc1ccc(Nc2ccccc2)cc1. The largest absolute Gasteiger partial charge is 0.356 e. The van der Waals surface area contributed by atoms with Crippen LogP contribution in [0.3, 0.4) is 0 Å². The summed E-state index contributed by atoms with van der Waals surface area (Å²) in [5, 5.41) is 8.78. The highest BCUT2D eigenvalue weighted by molar-refractivity contribution is 9.10. The number of anilines is 3. The molecule has 0 spiro atoms. The minimum Gasteiger partial charge on any atom is -0.356 e. The summed E-state index contributed by atoms with van der Waals surface area (Å²) in [6.07, 6.45) is 3.44. The van der Waals surface area contributed by atoms with E-state index in [1.165, 1.54) is 0 Å². The predicted octanol–water partition coefficient (Wildman–Crippen LogP) is 5.99. The molecule has 0 bridgehead atoms. The van der Waals surface area contributed by atoms with Crippen LogP contribution < -0.4 is 16.0 Å². The standard InChI is InChI=1S/C21H18BrN3O/c22-17-6-4-5-16(15-17)13-14-23-21(26)25-20-11-9-19(10-12-20)24-18-7-2-1-3-8-18/h1-15,24H,(H2,23,25,26)/b14-13+. The van der Waals surface area contributed by atoms with Crippen LogP contribution in [0, 0.1) is 0 Å². The van der Waals surface area contributed by atoms with E-state index in [0.717, 1.165) is 27.1 Å². The van der Waals surface area contributed by atoms with Gasteiger partial charge in [-0.25, -0.2) is 4.79 Å². The second-order valence-electron chi connectivity index (χ2n) is 5.56. The number of amides is 2. The smallest absolute Gasteiger partial charge is 0.323 e. The molecule has 3 N–H and O–H groups in total. The molecule has 26 heavy (non-hydrogen) atoms. The quantitative estimate of drug-likeness (QED) is 0.486. The van der Waals surface area contributed by atoms with E-state index in [9.17, 15) is 4.79 Å². The normalized spacial score (nSPS) is 10.5. The fourth-order valence-corrected chi connectivity index (χ4v) is 2.73. The highest BCUT2D eigenvalue weighted by atomic mass is 79.9. The van der Waals surface area contributed by atoms with Crippen LogP contribution in [0.4, 0.5) is 21.9 Å². The molecule has 3 rings (SSSR count). The topological polar surface area (TPSA) is 53.2 Å². The zero-order valence-corrected chi connectivity index (χ0v) is 15.5. The third-order valence-electron chi connectivity index (χ3n) is 3.54. The van der Waals surface area contributed by atoms with Crippen molar-refractivity contribution in [3.05, 3.63) is 95.1 Å². The van der Waals surface area contributed by atoms with Crippen molar-refractivity contribution in [3.8, 4) is 0 Å². The fourth-order valence-electron chi connectivity index (χ4n) is 2.32. The van der Waals surface area contributed by atoms with E-state index < -0.39 is 0 Å². The maximum Gasteiger partial charge on any atom is 0.323 e. The number of para-hydroxylation sites is 1. The van der Waals surface area contributed by atoms with E-state index >= 15 is 0 Å². The molecule has 0 radical (unpaired) electrons. The van der Waals surface area contributed by atoms with Gasteiger partial charge in [0.1, 0.15) is 0 Å². The van der Waals surface area contributed by atoms with Crippen molar-refractivity contribution in [1.82, 2.24) is 5.32 Å². The van der Waals surface area contributed by atoms with Crippen molar-refractivity contribution in [2.24, 2.45) is 0 Å². The van der Waals surface area contributed by atoms with Crippen molar-refractivity contribution in [2.45, 2.75) is 0 Å². The van der Waals surface area contributed by atoms with E-state index in [1.807, 2.05) is 84.9 Å². The zero-order valence-electron chi connectivity index (χ0n) is 13.9. The molecular formula is C21H18BrN3O. The number of carbonyl (C=O) groups excluding carboxylic acids is 1. The molecule has 3 aromatic carbocycles. The second kappa shape index (κ2) is 8.87. The van der Waals surface area contributed by atoms with Crippen LogP contribution in [0.15, 0.2) is 89.5 Å². The molecule has 3 aromatic rings. The first kappa shape index (κ1) is 17.8. The molecule has 0 heterocycles. The van der Waals surface area contributed by atoms with Gasteiger partial charge in [-0.3, -0.25) is 0 Å². The van der Waals surface area contributed by atoms with Gasteiger partial charge in [0.2, 0.25) is 0 Å². The molecule has 2 amide bonds. The number of carbonyl (C=O) groups is 1. The van der Waals surface area contributed by atoms with Gasteiger partial charge in [0.25, 0.3) is 0 Å². The van der Waals surface area contributed by atoms with Crippen molar-refractivity contribution in [3.63, 3.8) is 0 Å². The van der Waals surface area contributed by atoms with Gasteiger partial charge in [-0.1, -0.05) is 46.3 Å². The van der Waals surface area contributed by atoms with Crippen LogP contribution in [0.2, 0.25) is 0 Å². The highest BCUT2D eigenvalue weighted by Gasteiger charge is 2.00. The lowest BCUT2D eigenvalue weighted by Crippen LogP contribution is -2.23. The summed E-state index contributed by atoms with van der Waals surface area (Å²) in [5.74, 6) is 0. The van der Waals surface area contributed by atoms with Gasteiger partial charge < -0.3 is 16.0 Å². The molecule has 0 aromatic heterocycles. The average molecular weight is 408 g/mol.